The molecule has 0 radical (unpaired) electrons. The summed E-state index contributed by atoms with van der Waals surface area (Å²) in [6.45, 7) is 1.88. The van der Waals surface area contributed by atoms with Crippen LogP contribution >= 0.6 is 15.9 Å². The van der Waals surface area contributed by atoms with E-state index in [1.54, 1.807) is 48.5 Å². The first-order valence-electron chi connectivity index (χ1n) is 10.9. The number of hydrogen-bond donors (Lipinski definition) is 1. The van der Waals surface area contributed by atoms with Crippen LogP contribution in [0.1, 0.15) is 11.1 Å². The molecule has 0 fully saturated rings. The summed E-state index contributed by atoms with van der Waals surface area (Å²) >= 11 is 3.33. The van der Waals surface area contributed by atoms with Crippen molar-refractivity contribution >= 4 is 37.0 Å². The van der Waals surface area contributed by atoms with Crippen LogP contribution in [0.4, 0.5) is 13.2 Å². The van der Waals surface area contributed by atoms with E-state index in [-0.39, 0.29) is 27.3 Å². The zero-order valence-electron chi connectivity index (χ0n) is 19.2. The van der Waals surface area contributed by atoms with Gasteiger partial charge in [0.25, 0.3) is 0 Å². The van der Waals surface area contributed by atoms with Crippen molar-refractivity contribution in [3.05, 3.63) is 94.5 Å². The number of alkyl halides is 3. The van der Waals surface area contributed by atoms with Gasteiger partial charge < -0.3 is 0 Å². The summed E-state index contributed by atoms with van der Waals surface area (Å²) < 4.78 is 68.9. The molecule has 0 unspecified atom stereocenters. The van der Waals surface area contributed by atoms with Crippen LogP contribution in [0.3, 0.4) is 0 Å². The third kappa shape index (κ3) is 4.89. The van der Waals surface area contributed by atoms with Crippen molar-refractivity contribution in [2.75, 3.05) is 0 Å². The largest absolute Gasteiger partial charge is 0.417 e. The molecule has 0 atom stereocenters. The van der Waals surface area contributed by atoms with E-state index >= 15 is 0 Å². The Hall–Kier alpha value is -3.54. The fraction of sp³-hybridized carbons (Fsp3) is 0.0769. The van der Waals surface area contributed by atoms with Gasteiger partial charge in [0.2, 0.25) is 10.0 Å². The van der Waals surface area contributed by atoms with Crippen molar-refractivity contribution in [2.45, 2.75) is 18.0 Å². The quantitative estimate of drug-likeness (QED) is 0.260. The van der Waals surface area contributed by atoms with Crippen LogP contribution in [0.25, 0.3) is 39.2 Å². The average Bonchev–Trinajstić information content (AvgIpc) is 3.23. The highest BCUT2D eigenvalue weighted by Gasteiger charge is 2.36. The van der Waals surface area contributed by atoms with Crippen LogP contribution in [0.5, 0.6) is 0 Å². The molecule has 3 aromatic carbocycles. The Bertz CT molecular complexity index is 1730. The van der Waals surface area contributed by atoms with Gasteiger partial charge in [0.05, 0.1) is 27.2 Å². The Morgan fingerprint density at radius 2 is 1.49 bits per heavy atom. The molecular weight excluding hydrogens is 569 g/mol. The van der Waals surface area contributed by atoms with Crippen molar-refractivity contribution in [3.8, 4) is 28.2 Å². The summed E-state index contributed by atoms with van der Waals surface area (Å²) in [5.74, 6) is 0. The van der Waals surface area contributed by atoms with Crippen LogP contribution in [0, 0.1) is 6.92 Å². The molecule has 5 rings (SSSR count). The normalized spacial score (nSPS) is 12.3. The summed E-state index contributed by atoms with van der Waals surface area (Å²) in [5, 5.41) is 9.58. The second kappa shape index (κ2) is 9.09. The highest BCUT2D eigenvalue weighted by Crippen LogP contribution is 2.41. The minimum Gasteiger partial charge on any atom is -0.228 e. The number of aromatic nitrogens is 3. The minimum absolute atomic E-state index is 0.0216. The Morgan fingerprint density at radius 3 is 2.05 bits per heavy atom. The molecule has 0 saturated carbocycles. The molecular formula is C26H18BrF3N4O2S. The van der Waals surface area contributed by atoms with Gasteiger partial charge in [-0.25, -0.2) is 23.2 Å². The van der Waals surface area contributed by atoms with Gasteiger partial charge in [-0.3, -0.25) is 0 Å². The highest BCUT2D eigenvalue weighted by atomic mass is 79.9. The maximum atomic E-state index is 14.5. The number of pyridine rings is 1. The lowest BCUT2D eigenvalue weighted by atomic mass is 10.0. The zero-order valence-corrected chi connectivity index (χ0v) is 21.6. The maximum Gasteiger partial charge on any atom is 0.417 e. The van der Waals surface area contributed by atoms with Gasteiger partial charge in [-0.1, -0.05) is 57.9 Å². The third-order valence-corrected chi connectivity index (χ3v) is 7.28. The number of aryl methyl sites for hydroxylation is 1. The number of nitrogens with zero attached hydrogens (tertiary/aromatic N) is 3. The molecule has 0 saturated heterocycles. The number of rotatable bonds is 4. The molecule has 0 aliphatic rings. The van der Waals surface area contributed by atoms with Gasteiger partial charge in [0.15, 0.2) is 5.65 Å². The SMILES string of the molecule is Cc1ccc(-c2nn(-c3ccc(S(N)(=O)=O)cc3)c3nc(-c4ccc(Br)cc4)cc(C(F)(F)F)c23)cc1. The summed E-state index contributed by atoms with van der Waals surface area (Å²) in [5.41, 5.74) is 1.56. The first-order chi connectivity index (χ1) is 17.4. The molecule has 6 nitrogen and oxygen atoms in total. The Morgan fingerprint density at radius 1 is 0.892 bits per heavy atom. The summed E-state index contributed by atoms with van der Waals surface area (Å²) in [7, 11) is -3.96. The maximum absolute atomic E-state index is 14.5. The molecule has 0 aliphatic heterocycles. The summed E-state index contributed by atoms with van der Waals surface area (Å²) in [6, 6.07) is 20.2. The fourth-order valence-corrected chi connectivity index (χ4v) is 4.76. The number of benzene rings is 3. The Balaban J connectivity index is 1.86. The van der Waals surface area contributed by atoms with E-state index in [0.717, 1.165) is 16.1 Å². The van der Waals surface area contributed by atoms with Crippen LogP contribution in [0.2, 0.25) is 0 Å². The molecule has 188 valence electrons. The van der Waals surface area contributed by atoms with E-state index in [1.165, 1.54) is 28.9 Å². The smallest absolute Gasteiger partial charge is 0.228 e. The lowest BCUT2D eigenvalue weighted by Gasteiger charge is -2.12. The molecule has 0 amide bonds. The number of halogens is 4. The molecule has 11 heteroatoms. The summed E-state index contributed by atoms with van der Waals surface area (Å²) in [6.07, 6.45) is -4.70. The van der Waals surface area contributed by atoms with E-state index in [1.807, 2.05) is 6.92 Å². The average molecular weight is 587 g/mol. The number of sulfonamides is 1. The van der Waals surface area contributed by atoms with Crippen molar-refractivity contribution in [1.29, 1.82) is 0 Å². The minimum atomic E-state index is -4.70. The Kier molecular flexibility index (Phi) is 6.17. The van der Waals surface area contributed by atoms with E-state index in [2.05, 4.69) is 26.0 Å². The van der Waals surface area contributed by atoms with Crippen LogP contribution < -0.4 is 5.14 Å². The molecule has 2 heterocycles. The van der Waals surface area contributed by atoms with Gasteiger partial charge in [-0.15, -0.1) is 0 Å². The van der Waals surface area contributed by atoms with Gasteiger partial charge in [0.1, 0.15) is 5.69 Å². The number of nitrogens with two attached hydrogens (primary N) is 1. The second-order valence-corrected chi connectivity index (χ2v) is 10.9. The highest BCUT2D eigenvalue weighted by molar-refractivity contribution is 9.10. The van der Waals surface area contributed by atoms with E-state index in [0.29, 0.717) is 16.8 Å². The first-order valence-corrected chi connectivity index (χ1v) is 13.2. The van der Waals surface area contributed by atoms with E-state index in [4.69, 9.17) is 5.14 Å². The fourth-order valence-electron chi connectivity index (χ4n) is 3.98. The van der Waals surface area contributed by atoms with Gasteiger partial charge in [0, 0.05) is 15.6 Å². The van der Waals surface area contributed by atoms with Crippen molar-refractivity contribution < 1.29 is 21.6 Å². The predicted octanol–water partition coefficient (Wildman–Crippen LogP) is 6.49. The van der Waals surface area contributed by atoms with Crippen molar-refractivity contribution in [2.24, 2.45) is 5.14 Å². The van der Waals surface area contributed by atoms with Crippen molar-refractivity contribution in [1.82, 2.24) is 14.8 Å². The molecule has 2 aromatic heterocycles. The lowest BCUT2D eigenvalue weighted by Crippen LogP contribution is -2.12. The van der Waals surface area contributed by atoms with E-state index in [9.17, 15) is 21.6 Å². The number of primary sulfonamides is 1. The van der Waals surface area contributed by atoms with Gasteiger partial charge in [-0.2, -0.15) is 18.3 Å². The number of hydrogen-bond acceptors (Lipinski definition) is 4. The van der Waals surface area contributed by atoms with E-state index < -0.39 is 21.8 Å². The lowest BCUT2D eigenvalue weighted by molar-refractivity contribution is -0.136. The van der Waals surface area contributed by atoms with Crippen molar-refractivity contribution in [3.63, 3.8) is 0 Å². The molecule has 0 aliphatic carbocycles. The molecule has 0 bridgehead atoms. The van der Waals surface area contributed by atoms with Crippen LogP contribution in [-0.2, 0) is 16.2 Å². The van der Waals surface area contributed by atoms with Crippen LogP contribution in [0.15, 0.2) is 88.2 Å². The third-order valence-electron chi connectivity index (χ3n) is 5.82. The molecule has 2 N–H and O–H groups in total. The Labute approximate surface area is 218 Å². The zero-order chi connectivity index (χ0) is 26.5. The topological polar surface area (TPSA) is 90.9 Å². The standard InChI is InChI=1S/C26H18BrF3N4O2S/c1-15-2-4-17(5-3-15)24-23-21(26(28,29)30)14-22(16-6-8-18(27)9-7-16)32-25(23)34(33-24)19-10-12-20(13-11-19)37(31,35)36/h2-14H,1H3,(H2,31,35,36). The first kappa shape index (κ1) is 25.1. The monoisotopic (exact) mass is 586 g/mol. The molecule has 0 spiro atoms. The number of fused-ring (bicyclic) bond motifs is 1. The summed E-state index contributed by atoms with van der Waals surface area (Å²) in [4.78, 5) is 4.47. The molecule has 5 aromatic rings. The van der Waals surface area contributed by atoms with Crippen LogP contribution in [-0.4, -0.2) is 23.2 Å². The predicted molar refractivity (Wildman–Crippen MR) is 139 cm³/mol. The molecule has 37 heavy (non-hydrogen) atoms. The van der Waals surface area contributed by atoms with Gasteiger partial charge >= 0.3 is 6.18 Å². The second-order valence-electron chi connectivity index (χ2n) is 8.42. The van der Waals surface area contributed by atoms with Gasteiger partial charge in [-0.05, 0) is 49.4 Å².